The topological polar surface area (TPSA) is 3.24 Å². The van der Waals surface area contributed by atoms with Crippen molar-refractivity contribution in [1.29, 1.82) is 0 Å². The fourth-order valence-corrected chi connectivity index (χ4v) is 3.16. The minimum atomic E-state index is -4.09. The maximum atomic E-state index is 12.3. The van der Waals surface area contributed by atoms with E-state index in [0.29, 0.717) is 10.7 Å². The first kappa shape index (κ1) is 11.3. The van der Waals surface area contributed by atoms with Crippen LogP contribution in [0.1, 0.15) is 19.3 Å². The van der Waals surface area contributed by atoms with E-state index in [4.69, 9.17) is 0 Å². The summed E-state index contributed by atoms with van der Waals surface area (Å²) in [4.78, 5) is 1.91. The van der Waals surface area contributed by atoms with E-state index >= 15 is 0 Å². The van der Waals surface area contributed by atoms with Crippen LogP contribution in [0.15, 0.2) is 12.3 Å². The molecule has 15 heavy (non-hydrogen) atoms. The Balaban J connectivity index is 1.97. The van der Waals surface area contributed by atoms with E-state index in [-0.39, 0.29) is 6.04 Å². The SMILES string of the molecule is FC(F)(F)CN1C=CC2CC(Br)CCC21. The molecule has 0 saturated heterocycles. The van der Waals surface area contributed by atoms with Crippen molar-refractivity contribution in [1.82, 2.24) is 4.90 Å². The zero-order valence-corrected chi connectivity index (χ0v) is 9.76. The van der Waals surface area contributed by atoms with Gasteiger partial charge in [-0.2, -0.15) is 13.2 Å². The molecule has 0 spiro atoms. The molecule has 0 aromatic rings. The monoisotopic (exact) mass is 283 g/mol. The lowest BCUT2D eigenvalue weighted by molar-refractivity contribution is -0.145. The van der Waals surface area contributed by atoms with Crippen molar-refractivity contribution in [2.45, 2.75) is 36.3 Å². The van der Waals surface area contributed by atoms with Crippen LogP contribution in [0.4, 0.5) is 13.2 Å². The molecular formula is C10H13BrF3N. The summed E-state index contributed by atoms with van der Waals surface area (Å²) in [7, 11) is 0. The predicted molar refractivity (Wildman–Crippen MR) is 55.7 cm³/mol. The van der Waals surface area contributed by atoms with Crippen molar-refractivity contribution < 1.29 is 13.2 Å². The Bertz CT molecular complexity index is 264. The minimum absolute atomic E-state index is 0.0698. The number of halogens is 4. The molecule has 1 heterocycles. The zero-order chi connectivity index (χ0) is 11.1. The fraction of sp³-hybridized carbons (Fsp3) is 0.800. The van der Waals surface area contributed by atoms with Gasteiger partial charge in [0.25, 0.3) is 0 Å². The molecule has 1 saturated carbocycles. The Hall–Kier alpha value is -0.190. The second kappa shape index (κ2) is 4.00. The Morgan fingerprint density at radius 1 is 1.33 bits per heavy atom. The first-order valence-corrected chi connectivity index (χ1v) is 6.02. The molecule has 1 fully saturated rings. The lowest BCUT2D eigenvalue weighted by Gasteiger charge is -2.35. The molecule has 2 rings (SSSR count). The standard InChI is InChI=1S/C10H13BrF3N/c11-8-1-2-9-7(5-8)3-4-15(9)6-10(12,13)14/h3-4,7-9H,1-2,5-6H2. The molecular weight excluding hydrogens is 271 g/mol. The summed E-state index contributed by atoms with van der Waals surface area (Å²) in [5.74, 6) is 0.297. The third-order valence-electron chi connectivity index (χ3n) is 3.11. The minimum Gasteiger partial charge on any atom is -0.365 e. The molecule has 0 amide bonds. The summed E-state index contributed by atoms with van der Waals surface area (Å²) in [6.07, 6.45) is 2.22. The molecule has 86 valence electrons. The van der Waals surface area contributed by atoms with E-state index in [1.807, 2.05) is 6.08 Å². The van der Waals surface area contributed by atoms with Gasteiger partial charge in [-0.25, -0.2) is 0 Å². The van der Waals surface area contributed by atoms with Crippen molar-refractivity contribution in [3.05, 3.63) is 12.3 Å². The maximum absolute atomic E-state index is 12.3. The van der Waals surface area contributed by atoms with Crippen LogP contribution in [-0.2, 0) is 0 Å². The normalized spacial score (nSPS) is 35.7. The first-order chi connectivity index (χ1) is 6.96. The van der Waals surface area contributed by atoms with Gasteiger partial charge in [0.15, 0.2) is 0 Å². The summed E-state index contributed by atoms with van der Waals surface area (Å²) >= 11 is 3.53. The van der Waals surface area contributed by atoms with Crippen LogP contribution in [-0.4, -0.2) is 28.5 Å². The molecule has 0 aromatic heterocycles. The highest BCUT2D eigenvalue weighted by Gasteiger charge is 2.39. The molecule has 0 N–H and O–H groups in total. The zero-order valence-electron chi connectivity index (χ0n) is 8.17. The molecule has 0 radical (unpaired) electrons. The van der Waals surface area contributed by atoms with Gasteiger partial charge >= 0.3 is 6.18 Å². The van der Waals surface area contributed by atoms with Gasteiger partial charge in [0.05, 0.1) is 0 Å². The highest BCUT2D eigenvalue weighted by Crippen LogP contribution is 2.38. The molecule has 3 atom stereocenters. The molecule has 5 heteroatoms. The van der Waals surface area contributed by atoms with Crippen molar-refractivity contribution >= 4 is 15.9 Å². The van der Waals surface area contributed by atoms with Gasteiger partial charge in [-0.3, -0.25) is 0 Å². The molecule has 1 aliphatic carbocycles. The van der Waals surface area contributed by atoms with E-state index in [0.717, 1.165) is 19.3 Å². The third kappa shape index (κ3) is 2.68. The molecule has 2 aliphatic rings. The fourth-order valence-electron chi connectivity index (χ4n) is 2.46. The Labute approximate surface area is 95.4 Å². The average Bonchev–Trinajstić information content (AvgIpc) is 2.45. The van der Waals surface area contributed by atoms with Gasteiger partial charge in [0, 0.05) is 10.9 Å². The molecule has 0 bridgehead atoms. The van der Waals surface area contributed by atoms with Gasteiger partial charge in [-0.1, -0.05) is 22.0 Å². The Kier molecular flexibility index (Phi) is 3.01. The van der Waals surface area contributed by atoms with Crippen LogP contribution in [0.25, 0.3) is 0 Å². The Morgan fingerprint density at radius 3 is 2.73 bits per heavy atom. The smallest absolute Gasteiger partial charge is 0.365 e. The van der Waals surface area contributed by atoms with Crippen molar-refractivity contribution in [3.8, 4) is 0 Å². The summed E-state index contributed by atoms with van der Waals surface area (Å²) in [5.41, 5.74) is 0. The number of alkyl halides is 4. The van der Waals surface area contributed by atoms with E-state index in [2.05, 4.69) is 15.9 Å². The largest absolute Gasteiger partial charge is 0.405 e. The van der Waals surface area contributed by atoms with Gasteiger partial charge in [0.2, 0.25) is 0 Å². The first-order valence-electron chi connectivity index (χ1n) is 5.10. The second-order valence-corrected chi connectivity index (χ2v) is 5.57. The molecule has 3 unspecified atom stereocenters. The van der Waals surface area contributed by atoms with Gasteiger partial charge in [0.1, 0.15) is 6.54 Å². The lowest BCUT2D eigenvalue weighted by Crippen LogP contribution is -2.41. The van der Waals surface area contributed by atoms with Crippen LogP contribution in [0.3, 0.4) is 0 Å². The quantitative estimate of drug-likeness (QED) is 0.668. The number of hydrogen-bond donors (Lipinski definition) is 0. The lowest BCUT2D eigenvalue weighted by atomic mass is 9.86. The van der Waals surface area contributed by atoms with E-state index < -0.39 is 12.7 Å². The summed E-state index contributed by atoms with van der Waals surface area (Å²) in [6.45, 7) is -0.808. The van der Waals surface area contributed by atoms with Crippen molar-refractivity contribution in [3.63, 3.8) is 0 Å². The third-order valence-corrected chi connectivity index (χ3v) is 3.94. The average molecular weight is 284 g/mol. The summed E-state index contributed by atoms with van der Waals surface area (Å²) < 4.78 is 36.8. The predicted octanol–water partition coefficient (Wildman–Crippen LogP) is 3.31. The van der Waals surface area contributed by atoms with Crippen LogP contribution >= 0.6 is 15.9 Å². The number of nitrogens with zero attached hydrogens (tertiary/aromatic N) is 1. The van der Waals surface area contributed by atoms with Gasteiger partial charge < -0.3 is 4.90 Å². The highest BCUT2D eigenvalue weighted by atomic mass is 79.9. The van der Waals surface area contributed by atoms with E-state index in [1.165, 1.54) is 4.90 Å². The molecule has 0 aromatic carbocycles. The van der Waals surface area contributed by atoms with E-state index in [1.54, 1.807) is 6.20 Å². The Morgan fingerprint density at radius 2 is 2.07 bits per heavy atom. The second-order valence-electron chi connectivity index (χ2n) is 4.27. The van der Waals surface area contributed by atoms with Gasteiger partial charge in [-0.05, 0) is 31.4 Å². The highest BCUT2D eigenvalue weighted by molar-refractivity contribution is 9.09. The van der Waals surface area contributed by atoms with Crippen LogP contribution in [0.5, 0.6) is 0 Å². The van der Waals surface area contributed by atoms with Crippen LogP contribution in [0, 0.1) is 5.92 Å². The number of hydrogen-bond acceptors (Lipinski definition) is 1. The summed E-state index contributed by atoms with van der Waals surface area (Å²) in [5, 5.41) is 0. The van der Waals surface area contributed by atoms with Gasteiger partial charge in [-0.15, -0.1) is 0 Å². The van der Waals surface area contributed by atoms with Crippen molar-refractivity contribution in [2.75, 3.05) is 6.54 Å². The summed E-state index contributed by atoms with van der Waals surface area (Å²) in [6, 6.07) is 0.0698. The number of rotatable bonds is 1. The van der Waals surface area contributed by atoms with Crippen LogP contribution in [0.2, 0.25) is 0 Å². The molecule has 1 nitrogen and oxygen atoms in total. The van der Waals surface area contributed by atoms with Crippen molar-refractivity contribution in [2.24, 2.45) is 5.92 Å². The maximum Gasteiger partial charge on any atom is 0.405 e. The van der Waals surface area contributed by atoms with E-state index in [9.17, 15) is 13.2 Å². The number of fused-ring (bicyclic) bond motifs is 1. The molecule has 1 aliphatic heterocycles. The van der Waals surface area contributed by atoms with Crippen LogP contribution < -0.4 is 0 Å².